The van der Waals surface area contributed by atoms with Crippen LogP contribution in [0.25, 0.3) is 0 Å². The average molecular weight is 392 g/mol. The van der Waals surface area contributed by atoms with Gasteiger partial charge in [0.2, 0.25) is 13.6 Å². The summed E-state index contributed by atoms with van der Waals surface area (Å²) in [5.74, 6) is 1.08. The molecule has 0 N–H and O–H groups in total. The van der Waals surface area contributed by atoms with Gasteiger partial charge in [-0.05, 0) is 57.0 Å². The molecule has 2 aliphatic rings. The number of benzene rings is 1. The van der Waals surface area contributed by atoms with Crippen LogP contribution in [0.3, 0.4) is 0 Å². The maximum atomic E-state index is 12.2. The number of esters is 1. The molecular formula is C20H28N2O6. The molecule has 1 fully saturated rings. The van der Waals surface area contributed by atoms with E-state index in [1.54, 1.807) is 7.05 Å². The van der Waals surface area contributed by atoms with E-state index < -0.39 is 6.09 Å². The van der Waals surface area contributed by atoms with Crippen molar-refractivity contribution in [3.05, 3.63) is 23.8 Å². The average Bonchev–Trinajstić information content (AvgIpc) is 3.15. The van der Waals surface area contributed by atoms with E-state index in [1.807, 2.05) is 25.1 Å². The van der Waals surface area contributed by atoms with Crippen LogP contribution in [0.5, 0.6) is 11.5 Å². The van der Waals surface area contributed by atoms with Crippen molar-refractivity contribution in [2.45, 2.75) is 38.6 Å². The van der Waals surface area contributed by atoms with Gasteiger partial charge in [-0.2, -0.15) is 0 Å². The fraction of sp³-hybridized carbons (Fsp3) is 0.600. The molecule has 28 heavy (non-hydrogen) atoms. The van der Waals surface area contributed by atoms with Crippen LogP contribution >= 0.6 is 0 Å². The SMILES string of the molecule is CC(Cc1ccc2c(c1)OCO2)N(C)C(=O)OCOC(=O)CN1CCCCC1. The molecule has 8 nitrogen and oxygen atoms in total. The molecule has 0 aliphatic carbocycles. The molecule has 2 heterocycles. The number of piperidine rings is 1. The number of carbonyl (C=O) groups is 2. The lowest BCUT2D eigenvalue weighted by Gasteiger charge is -2.26. The van der Waals surface area contributed by atoms with Gasteiger partial charge in [0.1, 0.15) is 0 Å². The molecule has 1 saturated heterocycles. The van der Waals surface area contributed by atoms with Crippen LogP contribution in [0, 0.1) is 0 Å². The minimum atomic E-state index is -0.529. The van der Waals surface area contributed by atoms with Gasteiger partial charge in [0.15, 0.2) is 11.5 Å². The van der Waals surface area contributed by atoms with E-state index in [-0.39, 0.29) is 32.1 Å². The second-order valence-electron chi connectivity index (χ2n) is 7.23. The Bertz CT molecular complexity index is 689. The number of amides is 1. The van der Waals surface area contributed by atoms with Gasteiger partial charge in [-0.15, -0.1) is 0 Å². The molecule has 0 aromatic heterocycles. The van der Waals surface area contributed by atoms with E-state index in [1.165, 1.54) is 11.3 Å². The van der Waals surface area contributed by atoms with E-state index in [9.17, 15) is 9.59 Å². The van der Waals surface area contributed by atoms with Crippen molar-refractivity contribution in [1.82, 2.24) is 9.80 Å². The van der Waals surface area contributed by atoms with Crippen LogP contribution < -0.4 is 9.47 Å². The Kier molecular flexibility index (Phi) is 6.97. The van der Waals surface area contributed by atoms with Gasteiger partial charge in [-0.25, -0.2) is 4.79 Å². The van der Waals surface area contributed by atoms with Gasteiger partial charge >= 0.3 is 12.1 Å². The number of fused-ring (bicyclic) bond motifs is 1. The van der Waals surface area contributed by atoms with E-state index in [4.69, 9.17) is 18.9 Å². The number of ether oxygens (including phenoxy) is 4. The van der Waals surface area contributed by atoms with Crippen LogP contribution in [-0.4, -0.2) is 68.2 Å². The predicted octanol–water partition coefficient (Wildman–Crippen LogP) is 2.40. The number of likely N-dealkylation sites (N-methyl/N-ethyl adjacent to an activating group) is 1. The normalized spacial score (nSPS) is 17.1. The standard InChI is InChI=1S/C20H28N2O6/c1-15(10-16-6-7-17-18(11-16)26-13-25-17)21(2)20(24)28-14-27-19(23)12-22-8-4-3-5-9-22/h6-7,11,15H,3-5,8-10,12-14H2,1-2H3. The van der Waals surface area contributed by atoms with Crippen molar-refractivity contribution >= 4 is 12.1 Å². The van der Waals surface area contributed by atoms with Gasteiger partial charge < -0.3 is 23.8 Å². The Balaban J connectivity index is 1.38. The fourth-order valence-electron chi connectivity index (χ4n) is 3.32. The molecule has 1 atom stereocenters. The first-order chi connectivity index (χ1) is 13.5. The van der Waals surface area contributed by atoms with Crippen LogP contribution in [0.2, 0.25) is 0 Å². The third-order valence-corrected chi connectivity index (χ3v) is 5.12. The predicted molar refractivity (Wildman–Crippen MR) is 101 cm³/mol. The van der Waals surface area contributed by atoms with Crippen LogP contribution in [-0.2, 0) is 20.7 Å². The molecule has 2 aliphatic heterocycles. The van der Waals surface area contributed by atoms with Crippen molar-refractivity contribution in [1.29, 1.82) is 0 Å². The number of nitrogens with zero attached hydrogens (tertiary/aromatic N) is 2. The second-order valence-corrected chi connectivity index (χ2v) is 7.23. The third-order valence-electron chi connectivity index (χ3n) is 5.12. The molecule has 1 amide bonds. The maximum Gasteiger partial charge on any atom is 0.412 e. The molecule has 8 heteroatoms. The summed E-state index contributed by atoms with van der Waals surface area (Å²) >= 11 is 0. The largest absolute Gasteiger partial charge is 0.454 e. The third kappa shape index (κ3) is 5.51. The summed E-state index contributed by atoms with van der Waals surface area (Å²) in [5.41, 5.74) is 1.03. The lowest BCUT2D eigenvalue weighted by Crippen LogP contribution is -2.38. The number of hydrogen-bond donors (Lipinski definition) is 0. The zero-order valence-electron chi connectivity index (χ0n) is 16.5. The van der Waals surface area contributed by atoms with Crippen molar-refractivity contribution in [3.63, 3.8) is 0 Å². The zero-order chi connectivity index (χ0) is 19.9. The monoisotopic (exact) mass is 392 g/mol. The summed E-state index contributed by atoms with van der Waals surface area (Å²) in [6, 6.07) is 5.63. The van der Waals surface area contributed by atoms with Gasteiger partial charge in [0, 0.05) is 13.1 Å². The summed E-state index contributed by atoms with van der Waals surface area (Å²) in [7, 11) is 1.66. The van der Waals surface area contributed by atoms with Crippen LogP contribution in [0.1, 0.15) is 31.7 Å². The molecule has 1 aromatic carbocycles. The zero-order valence-corrected chi connectivity index (χ0v) is 16.5. The Labute approximate surface area is 165 Å². The minimum absolute atomic E-state index is 0.100. The number of hydrogen-bond acceptors (Lipinski definition) is 7. The first-order valence-electron chi connectivity index (χ1n) is 9.69. The Morgan fingerprint density at radius 1 is 1.14 bits per heavy atom. The van der Waals surface area contributed by atoms with Crippen LogP contribution in [0.4, 0.5) is 4.79 Å². The summed E-state index contributed by atoms with van der Waals surface area (Å²) in [6.07, 6.45) is 3.53. The van der Waals surface area contributed by atoms with E-state index in [0.29, 0.717) is 6.42 Å². The first kappa shape index (κ1) is 20.3. The highest BCUT2D eigenvalue weighted by atomic mass is 16.7. The molecule has 1 aromatic rings. The van der Waals surface area contributed by atoms with Crippen molar-refractivity contribution in [2.75, 3.05) is 40.3 Å². The molecule has 154 valence electrons. The molecule has 0 saturated carbocycles. The molecule has 3 rings (SSSR count). The smallest absolute Gasteiger partial charge is 0.412 e. The highest BCUT2D eigenvalue weighted by molar-refractivity contribution is 5.72. The topological polar surface area (TPSA) is 77.5 Å². The highest BCUT2D eigenvalue weighted by Gasteiger charge is 2.20. The minimum Gasteiger partial charge on any atom is -0.454 e. The summed E-state index contributed by atoms with van der Waals surface area (Å²) in [4.78, 5) is 27.6. The van der Waals surface area contributed by atoms with Crippen molar-refractivity contribution in [3.8, 4) is 11.5 Å². The summed E-state index contributed by atoms with van der Waals surface area (Å²) in [5, 5.41) is 0. The lowest BCUT2D eigenvalue weighted by atomic mass is 10.1. The number of rotatable bonds is 7. The quantitative estimate of drug-likeness (QED) is 0.521. The van der Waals surface area contributed by atoms with Gasteiger partial charge in [-0.1, -0.05) is 12.5 Å². The van der Waals surface area contributed by atoms with E-state index >= 15 is 0 Å². The first-order valence-corrected chi connectivity index (χ1v) is 9.69. The Morgan fingerprint density at radius 3 is 2.68 bits per heavy atom. The van der Waals surface area contributed by atoms with Crippen molar-refractivity contribution < 1.29 is 28.5 Å². The van der Waals surface area contributed by atoms with E-state index in [2.05, 4.69) is 4.90 Å². The fourth-order valence-corrected chi connectivity index (χ4v) is 3.32. The molecule has 0 bridgehead atoms. The van der Waals surface area contributed by atoms with Gasteiger partial charge in [-0.3, -0.25) is 9.69 Å². The number of likely N-dealkylation sites (tertiary alicyclic amines) is 1. The molecule has 0 radical (unpaired) electrons. The highest BCUT2D eigenvalue weighted by Crippen LogP contribution is 2.32. The van der Waals surface area contributed by atoms with Crippen LogP contribution in [0.15, 0.2) is 18.2 Å². The molecule has 1 unspecified atom stereocenters. The molecule has 0 spiro atoms. The van der Waals surface area contributed by atoms with Gasteiger partial charge in [0.25, 0.3) is 0 Å². The van der Waals surface area contributed by atoms with Crippen molar-refractivity contribution in [2.24, 2.45) is 0 Å². The lowest BCUT2D eigenvalue weighted by molar-refractivity contribution is -0.153. The molecular weight excluding hydrogens is 364 g/mol. The van der Waals surface area contributed by atoms with Gasteiger partial charge in [0.05, 0.1) is 6.54 Å². The Morgan fingerprint density at radius 2 is 1.89 bits per heavy atom. The number of carbonyl (C=O) groups excluding carboxylic acids is 2. The Hall–Kier alpha value is -2.48. The maximum absolute atomic E-state index is 12.2. The summed E-state index contributed by atoms with van der Waals surface area (Å²) < 4.78 is 20.8. The second kappa shape index (κ2) is 9.64. The van der Waals surface area contributed by atoms with E-state index in [0.717, 1.165) is 43.0 Å². The summed E-state index contributed by atoms with van der Waals surface area (Å²) in [6.45, 7) is 3.86.